The second kappa shape index (κ2) is 5.77. The van der Waals surface area contributed by atoms with Gasteiger partial charge >= 0.3 is 0 Å². The number of nitrogens with one attached hydrogen (secondary N) is 1. The number of allylic oxidation sites excluding steroid dienone is 1. The summed E-state index contributed by atoms with van der Waals surface area (Å²) in [5.74, 6) is 0.332. The normalized spacial score (nSPS) is 16.3. The van der Waals surface area contributed by atoms with Crippen LogP contribution in [-0.2, 0) is 0 Å². The van der Waals surface area contributed by atoms with Crippen LogP contribution in [0, 0.1) is 0 Å². The van der Waals surface area contributed by atoms with Crippen molar-refractivity contribution in [1.29, 1.82) is 0 Å². The third kappa shape index (κ3) is 2.44. The molecule has 0 heterocycles. The summed E-state index contributed by atoms with van der Waals surface area (Å²) in [6.07, 6.45) is 0. The van der Waals surface area contributed by atoms with Crippen LogP contribution < -0.4 is 5.32 Å². The highest BCUT2D eigenvalue weighted by Crippen LogP contribution is 2.45. The van der Waals surface area contributed by atoms with Crippen LogP contribution in [0.15, 0.2) is 90.5 Å². The molecule has 1 aliphatic carbocycles. The fourth-order valence-electron chi connectivity index (χ4n) is 3.47. The summed E-state index contributed by atoms with van der Waals surface area (Å²) < 4.78 is 0. The van der Waals surface area contributed by atoms with Crippen molar-refractivity contribution < 1.29 is 0 Å². The first-order chi connectivity index (χ1) is 11.3. The number of fused-ring (bicyclic) bond motifs is 1. The van der Waals surface area contributed by atoms with Gasteiger partial charge in [-0.25, -0.2) is 0 Å². The Balaban J connectivity index is 1.82. The van der Waals surface area contributed by atoms with E-state index in [2.05, 4.69) is 91.1 Å². The number of rotatable bonds is 3. The second-order valence-electron chi connectivity index (χ2n) is 5.98. The van der Waals surface area contributed by atoms with Crippen molar-refractivity contribution in [2.24, 2.45) is 0 Å². The quantitative estimate of drug-likeness (QED) is 0.656. The largest absolute Gasteiger partial charge is 0.355 e. The lowest BCUT2D eigenvalue weighted by Gasteiger charge is -2.14. The molecule has 0 aliphatic heterocycles. The summed E-state index contributed by atoms with van der Waals surface area (Å²) >= 11 is 0. The summed E-state index contributed by atoms with van der Waals surface area (Å²) in [7, 11) is 0. The molecule has 1 heteroatoms. The zero-order valence-corrected chi connectivity index (χ0v) is 13.2. The molecule has 23 heavy (non-hydrogen) atoms. The number of para-hydroxylation sites is 1. The maximum Gasteiger partial charge on any atom is 0.0459 e. The smallest absolute Gasteiger partial charge is 0.0459 e. The third-order valence-electron chi connectivity index (χ3n) is 4.54. The summed E-state index contributed by atoms with van der Waals surface area (Å²) in [4.78, 5) is 0. The van der Waals surface area contributed by atoms with Gasteiger partial charge in [0.15, 0.2) is 0 Å². The molecule has 0 saturated carbocycles. The van der Waals surface area contributed by atoms with Gasteiger partial charge in [0.05, 0.1) is 0 Å². The van der Waals surface area contributed by atoms with Gasteiger partial charge in [-0.05, 0) is 35.8 Å². The Morgan fingerprint density at radius 3 is 2.04 bits per heavy atom. The molecular weight excluding hydrogens is 278 g/mol. The first-order valence-corrected chi connectivity index (χ1v) is 8.01. The van der Waals surface area contributed by atoms with Crippen LogP contribution >= 0.6 is 0 Å². The zero-order valence-electron chi connectivity index (χ0n) is 13.2. The fourth-order valence-corrected chi connectivity index (χ4v) is 3.47. The van der Waals surface area contributed by atoms with Crippen molar-refractivity contribution >= 4 is 11.4 Å². The second-order valence-corrected chi connectivity index (χ2v) is 5.98. The molecule has 1 nitrogen and oxygen atoms in total. The summed E-state index contributed by atoms with van der Waals surface area (Å²) in [6.45, 7) is 2.24. The van der Waals surface area contributed by atoms with Crippen molar-refractivity contribution in [2.45, 2.75) is 12.8 Å². The fraction of sp³-hybridized carbons (Fsp3) is 0.0909. The average Bonchev–Trinajstić information content (AvgIpc) is 2.89. The Morgan fingerprint density at radius 2 is 1.30 bits per heavy atom. The van der Waals surface area contributed by atoms with Crippen LogP contribution in [0.4, 0.5) is 5.69 Å². The molecule has 0 spiro atoms. The van der Waals surface area contributed by atoms with E-state index in [1.807, 2.05) is 6.07 Å². The van der Waals surface area contributed by atoms with Crippen molar-refractivity contribution in [3.63, 3.8) is 0 Å². The maximum atomic E-state index is 3.63. The van der Waals surface area contributed by atoms with Gasteiger partial charge in [-0.3, -0.25) is 0 Å². The third-order valence-corrected chi connectivity index (χ3v) is 4.54. The lowest BCUT2D eigenvalue weighted by atomic mass is 9.89. The Bertz CT molecular complexity index is 847. The van der Waals surface area contributed by atoms with Crippen LogP contribution in [0.3, 0.4) is 0 Å². The van der Waals surface area contributed by atoms with Gasteiger partial charge in [-0.2, -0.15) is 0 Å². The molecule has 1 aliphatic rings. The monoisotopic (exact) mass is 297 g/mol. The van der Waals surface area contributed by atoms with Gasteiger partial charge in [0, 0.05) is 22.9 Å². The lowest BCUT2D eigenvalue weighted by molar-refractivity contribution is 0.975. The molecule has 1 unspecified atom stereocenters. The molecule has 0 fully saturated rings. The molecule has 0 saturated heterocycles. The molecule has 0 amide bonds. The molecule has 4 rings (SSSR count). The molecule has 1 atom stereocenters. The Hall–Kier alpha value is -2.80. The lowest BCUT2D eigenvalue weighted by Crippen LogP contribution is -1.99. The van der Waals surface area contributed by atoms with Crippen molar-refractivity contribution in [2.75, 3.05) is 5.32 Å². The van der Waals surface area contributed by atoms with Gasteiger partial charge in [0.25, 0.3) is 0 Å². The highest BCUT2D eigenvalue weighted by Gasteiger charge is 2.29. The summed E-state index contributed by atoms with van der Waals surface area (Å²) in [5, 5.41) is 3.63. The van der Waals surface area contributed by atoms with E-state index in [1.54, 1.807) is 0 Å². The van der Waals surface area contributed by atoms with Gasteiger partial charge in [0.1, 0.15) is 0 Å². The van der Waals surface area contributed by atoms with E-state index >= 15 is 0 Å². The minimum atomic E-state index is 0.332. The van der Waals surface area contributed by atoms with Crippen LogP contribution in [-0.4, -0.2) is 0 Å². The van der Waals surface area contributed by atoms with Crippen LogP contribution in [0.2, 0.25) is 0 Å². The van der Waals surface area contributed by atoms with Crippen LogP contribution in [0.25, 0.3) is 5.70 Å². The number of anilines is 1. The van der Waals surface area contributed by atoms with E-state index in [1.165, 1.54) is 28.0 Å². The molecule has 0 aromatic heterocycles. The molecular formula is C22H19N. The highest BCUT2D eigenvalue weighted by molar-refractivity contribution is 5.86. The van der Waals surface area contributed by atoms with Crippen LogP contribution in [0.5, 0.6) is 0 Å². The Labute approximate surface area is 137 Å². The van der Waals surface area contributed by atoms with Crippen molar-refractivity contribution in [3.8, 4) is 0 Å². The highest BCUT2D eigenvalue weighted by atomic mass is 14.9. The summed E-state index contributed by atoms with van der Waals surface area (Å²) in [5.41, 5.74) is 7.78. The van der Waals surface area contributed by atoms with Crippen LogP contribution in [0.1, 0.15) is 29.5 Å². The molecule has 3 aromatic rings. The van der Waals surface area contributed by atoms with Gasteiger partial charge in [0.2, 0.25) is 0 Å². The molecule has 0 radical (unpaired) electrons. The molecule has 112 valence electrons. The first-order valence-electron chi connectivity index (χ1n) is 8.01. The van der Waals surface area contributed by atoms with E-state index < -0.39 is 0 Å². The summed E-state index contributed by atoms with van der Waals surface area (Å²) in [6, 6.07) is 29.9. The average molecular weight is 297 g/mol. The molecule has 0 bridgehead atoms. The minimum absolute atomic E-state index is 0.332. The maximum absolute atomic E-state index is 3.63. The molecule has 1 N–H and O–H groups in total. The number of hydrogen-bond acceptors (Lipinski definition) is 1. The van der Waals surface area contributed by atoms with Gasteiger partial charge in [-0.1, -0.05) is 72.8 Å². The minimum Gasteiger partial charge on any atom is -0.355 e. The number of benzene rings is 3. The standard InChI is InChI=1S/C22H19N/c1-16-21(17-10-4-2-5-11-17)19-14-8-9-15-20(19)22(16)23-18-12-6-3-7-13-18/h2-15,21,23H,1H3. The number of hydrogen-bond donors (Lipinski definition) is 1. The Kier molecular flexibility index (Phi) is 3.47. The predicted octanol–water partition coefficient (Wildman–Crippen LogP) is 5.68. The topological polar surface area (TPSA) is 12.0 Å². The van der Waals surface area contributed by atoms with Crippen molar-refractivity contribution in [1.82, 2.24) is 0 Å². The van der Waals surface area contributed by atoms with E-state index in [0.717, 1.165) is 5.69 Å². The predicted molar refractivity (Wildman–Crippen MR) is 97.4 cm³/mol. The molecule has 3 aromatic carbocycles. The SMILES string of the molecule is CC1=C(Nc2ccccc2)c2ccccc2C1c1ccccc1. The van der Waals surface area contributed by atoms with E-state index in [0.29, 0.717) is 5.92 Å². The first kappa shape index (κ1) is 13.8. The Morgan fingerprint density at radius 1 is 0.696 bits per heavy atom. The van der Waals surface area contributed by atoms with E-state index in [4.69, 9.17) is 0 Å². The van der Waals surface area contributed by atoms with Gasteiger partial charge < -0.3 is 5.32 Å². The van der Waals surface area contributed by atoms with E-state index in [-0.39, 0.29) is 0 Å². The zero-order chi connectivity index (χ0) is 15.6. The van der Waals surface area contributed by atoms with Crippen molar-refractivity contribution in [3.05, 3.63) is 107 Å². The van der Waals surface area contributed by atoms with E-state index in [9.17, 15) is 0 Å². The van der Waals surface area contributed by atoms with Gasteiger partial charge in [-0.15, -0.1) is 0 Å².